The second-order valence-electron chi connectivity index (χ2n) is 9.24. The molecule has 5 nitrogen and oxygen atoms in total. The molecule has 5 aromatic rings. The number of fused-ring (bicyclic) bond motifs is 1. The van der Waals surface area contributed by atoms with Gasteiger partial charge in [0.1, 0.15) is 0 Å². The molecule has 0 amide bonds. The van der Waals surface area contributed by atoms with Crippen molar-refractivity contribution in [2.75, 3.05) is 0 Å². The maximum Gasteiger partial charge on any atom is 0.251 e. The van der Waals surface area contributed by atoms with E-state index in [-0.39, 0.29) is 5.56 Å². The van der Waals surface area contributed by atoms with Gasteiger partial charge in [0.2, 0.25) is 0 Å². The van der Waals surface area contributed by atoms with Gasteiger partial charge in [-0.1, -0.05) is 66.9 Å². The number of unbranched alkanes of at least 4 members (excludes halogenated alkanes) is 1. The molecule has 188 valence electrons. The number of aryl methyl sites for hydroxylation is 2. The van der Waals surface area contributed by atoms with Crippen molar-refractivity contribution in [2.24, 2.45) is 7.05 Å². The molecule has 37 heavy (non-hydrogen) atoms. The predicted octanol–water partition coefficient (Wildman–Crippen LogP) is 6.79. The van der Waals surface area contributed by atoms with Gasteiger partial charge in [-0.05, 0) is 65.1 Å². The van der Waals surface area contributed by atoms with Crippen molar-refractivity contribution in [3.63, 3.8) is 0 Å². The van der Waals surface area contributed by atoms with Gasteiger partial charge in [-0.15, -0.1) is 0 Å². The summed E-state index contributed by atoms with van der Waals surface area (Å²) in [5, 5.41) is 14.6. The number of pyridine rings is 1. The molecule has 2 aromatic heterocycles. The second-order valence-corrected chi connectivity index (χ2v) is 10.1. The smallest absolute Gasteiger partial charge is 0.251 e. The SMILES string of the molecule is CCCCn1cncc1C(O)(c1ccc(Cl)cc1)c1ccc2c(c1)c(-c1cccc(Cl)c1)cc(=O)n2C. The standard InChI is InChI=1S/C30H27Cl2N3O2/c1-3-4-14-35-19-33-18-28(35)30(37,21-8-11-23(31)12-9-21)22-10-13-27-26(16-22)25(17-29(36)34(27)2)20-6-5-7-24(32)15-20/h5-13,15-19,37H,3-4,14H2,1-2H3. The average Bonchev–Trinajstić information content (AvgIpc) is 3.38. The van der Waals surface area contributed by atoms with Crippen molar-refractivity contribution in [2.45, 2.75) is 31.9 Å². The number of hydrogen-bond acceptors (Lipinski definition) is 3. The minimum absolute atomic E-state index is 0.124. The summed E-state index contributed by atoms with van der Waals surface area (Å²) in [6, 6.07) is 22.0. The number of imidazole rings is 1. The molecule has 0 spiro atoms. The Hall–Kier alpha value is -3.38. The summed E-state index contributed by atoms with van der Waals surface area (Å²) in [5.41, 5.74) is 2.69. The van der Waals surface area contributed by atoms with Crippen molar-refractivity contribution >= 4 is 34.1 Å². The first kappa shape index (κ1) is 25.3. The normalized spacial score (nSPS) is 13.1. The Balaban J connectivity index is 1.80. The molecule has 3 aromatic carbocycles. The van der Waals surface area contributed by atoms with E-state index in [0.29, 0.717) is 26.9 Å². The quantitative estimate of drug-likeness (QED) is 0.251. The highest BCUT2D eigenvalue weighted by Gasteiger charge is 2.37. The Morgan fingerprint density at radius 3 is 2.43 bits per heavy atom. The molecular weight excluding hydrogens is 505 g/mol. The molecule has 0 saturated carbocycles. The topological polar surface area (TPSA) is 60.0 Å². The van der Waals surface area contributed by atoms with Gasteiger partial charge in [-0.25, -0.2) is 4.98 Å². The predicted molar refractivity (Wildman–Crippen MR) is 150 cm³/mol. The molecule has 0 aliphatic rings. The minimum Gasteiger partial charge on any atom is -0.374 e. The van der Waals surface area contributed by atoms with Gasteiger partial charge in [0.05, 0.1) is 23.7 Å². The molecule has 1 atom stereocenters. The number of aliphatic hydroxyl groups is 1. The van der Waals surface area contributed by atoms with Crippen LogP contribution in [0, 0.1) is 0 Å². The van der Waals surface area contributed by atoms with E-state index >= 15 is 0 Å². The summed E-state index contributed by atoms with van der Waals surface area (Å²) in [7, 11) is 1.75. The number of hydrogen-bond donors (Lipinski definition) is 1. The highest BCUT2D eigenvalue weighted by Crippen LogP contribution is 2.40. The number of benzene rings is 3. The van der Waals surface area contributed by atoms with Crippen molar-refractivity contribution < 1.29 is 5.11 Å². The summed E-state index contributed by atoms with van der Waals surface area (Å²) in [6.07, 6.45) is 5.45. The van der Waals surface area contributed by atoms with Crippen LogP contribution < -0.4 is 5.56 Å². The molecular formula is C30H27Cl2N3O2. The van der Waals surface area contributed by atoms with Gasteiger partial charge >= 0.3 is 0 Å². The van der Waals surface area contributed by atoms with Crippen LogP contribution in [0.2, 0.25) is 10.0 Å². The molecule has 5 rings (SSSR count). The fourth-order valence-electron chi connectivity index (χ4n) is 4.86. The van der Waals surface area contributed by atoms with Gasteiger partial charge in [0.25, 0.3) is 5.56 Å². The Labute approximate surface area is 225 Å². The highest BCUT2D eigenvalue weighted by atomic mass is 35.5. The monoisotopic (exact) mass is 531 g/mol. The van der Waals surface area contributed by atoms with E-state index in [1.54, 1.807) is 48.4 Å². The van der Waals surface area contributed by atoms with Crippen molar-refractivity contribution in [3.8, 4) is 11.1 Å². The molecule has 0 fully saturated rings. The van der Waals surface area contributed by atoms with Crippen molar-refractivity contribution in [1.29, 1.82) is 0 Å². The molecule has 0 saturated heterocycles. The lowest BCUT2D eigenvalue weighted by Gasteiger charge is -2.31. The lowest BCUT2D eigenvalue weighted by molar-refractivity contribution is 0.116. The van der Waals surface area contributed by atoms with Crippen LogP contribution in [0.3, 0.4) is 0 Å². The zero-order chi connectivity index (χ0) is 26.2. The van der Waals surface area contributed by atoms with Gasteiger partial charge in [0.15, 0.2) is 5.60 Å². The van der Waals surface area contributed by atoms with Gasteiger partial charge in [-0.2, -0.15) is 0 Å². The Bertz CT molecular complexity index is 1640. The fraction of sp³-hybridized carbons (Fsp3) is 0.200. The number of rotatable bonds is 7. The molecule has 2 heterocycles. The van der Waals surface area contributed by atoms with E-state index in [2.05, 4.69) is 11.9 Å². The zero-order valence-corrected chi connectivity index (χ0v) is 22.2. The van der Waals surface area contributed by atoms with E-state index in [0.717, 1.165) is 41.4 Å². The van der Waals surface area contributed by atoms with E-state index in [1.807, 2.05) is 53.1 Å². The first-order valence-corrected chi connectivity index (χ1v) is 13.0. The lowest BCUT2D eigenvalue weighted by atomic mass is 9.82. The minimum atomic E-state index is -1.51. The van der Waals surface area contributed by atoms with E-state index < -0.39 is 5.60 Å². The van der Waals surface area contributed by atoms with E-state index in [4.69, 9.17) is 23.2 Å². The molecule has 1 N–H and O–H groups in total. The van der Waals surface area contributed by atoms with Crippen LogP contribution in [-0.2, 0) is 19.2 Å². The Morgan fingerprint density at radius 2 is 1.70 bits per heavy atom. The van der Waals surface area contributed by atoms with Crippen molar-refractivity contribution in [3.05, 3.63) is 123 Å². The third-order valence-corrected chi connectivity index (χ3v) is 7.38. The molecule has 1 unspecified atom stereocenters. The zero-order valence-electron chi connectivity index (χ0n) is 20.7. The maximum atomic E-state index is 12.8. The number of aromatic nitrogens is 3. The molecule has 0 aliphatic heterocycles. The van der Waals surface area contributed by atoms with Crippen LogP contribution in [0.5, 0.6) is 0 Å². The van der Waals surface area contributed by atoms with Crippen LogP contribution in [0.25, 0.3) is 22.0 Å². The van der Waals surface area contributed by atoms with Gasteiger partial charge in [-0.3, -0.25) is 4.79 Å². The molecule has 0 aliphatic carbocycles. The highest BCUT2D eigenvalue weighted by molar-refractivity contribution is 6.31. The summed E-state index contributed by atoms with van der Waals surface area (Å²) in [6.45, 7) is 2.87. The summed E-state index contributed by atoms with van der Waals surface area (Å²) < 4.78 is 3.61. The largest absolute Gasteiger partial charge is 0.374 e. The average molecular weight is 532 g/mol. The van der Waals surface area contributed by atoms with E-state index in [1.165, 1.54) is 0 Å². The fourth-order valence-corrected chi connectivity index (χ4v) is 5.18. The number of nitrogens with zero attached hydrogens (tertiary/aromatic N) is 3. The third-order valence-electron chi connectivity index (χ3n) is 6.90. The third kappa shape index (κ3) is 4.59. The van der Waals surface area contributed by atoms with Crippen LogP contribution in [0.15, 0.2) is 90.1 Å². The molecule has 0 radical (unpaired) electrons. The summed E-state index contributed by atoms with van der Waals surface area (Å²) in [5.74, 6) is 0. The summed E-state index contributed by atoms with van der Waals surface area (Å²) >= 11 is 12.5. The van der Waals surface area contributed by atoms with Crippen LogP contribution in [0.1, 0.15) is 36.6 Å². The van der Waals surface area contributed by atoms with Crippen LogP contribution >= 0.6 is 23.2 Å². The summed E-state index contributed by atoms with van der Waals surface area (Å²) in [4.78, 5) is 17.2. The first-order valence-electron chi connectivity index (χ1n) is 12.2. The molecule has 7 heteroatoms. The Kier molecular flexibility index (Phi) is 6.95. The van der Waals surface area contributed by atoms with E-state index in [9.17, 15) is 9.90 Å². The Morgan fingerprint density at radius 1 is 0.946 bits per heavy atom. The first-order chi connectivity index (χ1) is 17.8. The lowest BCUT2D eigenvalue weighted by Crippen LogP contribution is -2.32. The van der Waals surface area contributed by atoms with Gasteiger partial charge < -0.3 is 14.2 Å². The van der Waals surface area contributed by atoms with Crippen LogP contribution in [-0.4, -0.2) is 19.2 Å². The van der Waals surface area contributed by atoms with Gasteiger partial charge in [0, 0.05) is 35.1 Å². The van der Waals surface area contributed by atoms with Crippen LogP contribution in [0.4, 0.5) is 0 Å². The maximum absolute atomic E-state index is 12.8. The number of halogens is 2. The van der Waals surface area contributed by atoms with Crippen molar-refractivity contribution in [1.82, 2.24) is 14.1 Å². The second kappa shape index (κ2) is 10.2. The molecule has 0 bridgehead atoms.